The molecule has 294 valence electrons. The van der Waals surface area contributed by atoms with E-state index in [1.165, 1.54) is 5.56 Å². The van der Waals surface area contributed by atoms with E-state index in [1.807, 2.05) is 72.8 Å². The Balaban J connectivity index is 0.000000297. The van der Waals surface area contributed by atoms with Gasteiger partial charge in [0.25, 0.3) is 0 Å². The van der Waals surface area contributed by atoms with E-state index in [-0.39, 0.29) is 30.5 Å². The highest BCUT2D eigenvalue weighted by Crippen LogP contribution is 2.33. The molecule has 0 heterocycles. The molecule has 7 N–H and O–H groups in total. The number of carboxylic acids is 2. The fourth-order valence-corrected chi connectivity index (χ4v) is 6.26. The minimum atomic E-state index is -1.65. The molecule has 0 aromatic heterocycles. The molecule has 0 aliphatic carbocycles. The molecule has 55 heavy (non-hydrogen) atoms. The van der Waals surface area contributed by atoms with Gasteiger partial charge in [0.1, 0.15) is 0 Å². The maximum atomic E-state index is 11.9. The van der Waals surface area contributed by atoms with E-state index in [4.69, 9.17) is 15.6 Å². The Bertz CT molecular complexity index is 1830. The van der Waals surface area contributed by atoms with E-state index in [0.29, 0.717) is 13.0 Å². The van der Waals surface area contributed by atoms with Gasteiger partial charge in [0, 0.05) is 22.9 Å². The lowest BCUT2D eigenvalue weighted by molar-refractivity contribution is -0.151. The first-order chi connectivity index (χ1) is 26.1. The van der Waals surface area contributed by atoms with Crippen molar-refractivity contribution in [3.05, 3.63) is 120 Å². The van der Waals surface area contributed by atoms with Crippen LogP contribution in [0.5, 0.6) is 0 Å². The maximum absolute atomic E-state index is 11.9. The average molecular weight is 755 g/mol. The summed E-state index contributed by atoms with van der Waals surface area (Å²) in [5, 5.41) is 39.5. The highest BCUT2D eigenvalue weighted by atomic mass is 16.5. The molecule has 4 atom stereocenters. The molecule has 1 amide bonds. The zero-order chi connectivity index (χ0) is 40.8. The van der Waals surface area contributed by atoms with Crippen LogP contribution in [0.1, 0.15) is 58.6 Å². The van der Waals surface area contributed by atoms with Crippen LogP contribution in [0.2, 0.25) is 0 Å². The molecule has 4 aromatic carbocycles. The van der Waals surface area contributed by atoms with Gasteiger partial charge in [0.15, 0.2) is 0 Å². The number of carbonyl (C=O) groups is 4. The van der Waals surface area contributed by atoms with Crippen molar-refractivity contribution in [3.63, 3.8) is 0 Å². The molecule has 0 aliphatic rings. The fourth-order valence-electron chi connectivity index (χ4n) is 6.26. The molecular weight excluding hydrogens is 700 g/mol. The number of amides is 1. The van der Waals surface area contributed by atoms with Gasteiger partial charge in [-0.2, -0.15) is 0 Å². The Morgan fingerprint density at radius 3 is 1.44 bits per heavy atom. The van der Waals surface area contributed by atoms with Crippen LogP contribution in [0.15, 0.2) is 109 Å². The van der Waals surface area contributed by atoms with E-state index < -0.39 is 47.7 Å². The second-order valence-electron chi connectivity index (χ2n) is 14.6. The lowest BCUT2D eigenvalue weighted by atomic mass is 9.74. The highest BCUT2D eigenvalue weighted by molar-refractivity contribution is 6.31. The number of aliphatic hydroxyl groups is 2. The summed E-state index contributed by atoms with van der Waals surface area (Å²) in [5.74, 6) is -6.19. The number of carboxylic acid groups (broad SMARTS) is 2. The molecule has 0 fully saturated rings. The number of ether oxygens (including phenoxy) is 1. The minimum absolute atomic E-state index is 0.113. The number of hydrogen-bond donors (Lipinski definition) is 6. The summed E-state index contributed by atoms with van der Waals surface area (Å²) in [6.07, 6.45) is 0.265. The summed E-state index contributed by atoms with van der Waals surface area (Å²) in [7, 11) is 0. The molecule has 0 unspecified atom stereocenters. The van der Waals surface area contributed by atoms with Crippen molar-refractivity contribution in [1.29, 1.82) is 0 Å². The van der Waals surface area contributed by atoms with E-state index in [9.17, 15) is 34.5 Å². The lowest BCUT2D eigenvalue weighted by Gasteiger charge is -2.36. The number of aliphatic carboxylic acids is 2. The van der Waals surface area contributed by atoms with Crippen molar-refractivity contribution in [1.82, 2.24) is 5.32 Å². The number of carbonyl (C=O) groups excluding carboxylic acids is 2. The first kappa shape index (κ1) is 44.0. The third-order valence-corrected chi connectivity index (χ3v) is 10.2. The van der Waals surface area contributed by atoms with Gasteiger partial charge in [-0.1, -0.05) is 137 Å². The van der Waals surface area contributed by atoms with Gasteiger partial charge in [0.05, 0.1) is 31.7 Å². The largest absolute Gasteiger partial charge is 0.481 e. The number of nitrogens with two attached hydrogens (primary N) is 1. The van der Waals surface area contributed by atoms with Crippen LogP contribution < -0.4 is 11.1 Å². The van der Waals surface area contributed by atoms with Gasteiger partial charge in [-0.3, -0.25) is 14.4 Å². The van der Waals surface area contributed by atoms with E-state index in [2.05, 4.69) is 55.6 Å². The predicted molar refractivity (Wildman–Crippen MR) is 212 cm³/mol. The van der Waals surface area contributed by atoms with Crippen LogP contribution in [0.25, 0.3) is 22.3 Å². The number of nitrogens with one attached hydrogen (secondary N) is 1. The highest BCUT2D eigenvalue weighted by Gasteiger charge is 2.37. The summed E-state index contributed by atoms with van der Waals surface area (Å²) in [5.41, 5.74) is 11.6. The van der Waals surface area contributed by atoms with Crippen molar-refractivity contribution in [2.75, 3.05) is 19.8 Å². The first-order valence-corrected chi connectivity index (χ1v) is 18.3. The van der Waals surface area contributed by atoms with Crippen molar-refractivity contribution in [2.24, 2.45) is 17.6 Å². The quantitative estimate of drug-likeness (QED) is 0.0601. The summed E-state index contributed by atoms with van der Waals surface area (Å²) in [6, 6.07) is 34.8. The normalized spacial score (nSPS) is 13.6. The van der Waals surface area contributed by atoms with E-state index in [0.717, 1.165) is 27.8 Å². The summed E-state index contributed by atoms with van der Waals surface area (Å²) in [6.45, 7) is 8.91. The molecule has 0 saturated carbocycles. The summed E-state index contributed by atoms with van der Waals surface area (Å²) >= 11 is 0. The molecule has 0 radical (unpaired) electrons. The predicted octanol–water partition coefficient (Wildman–Crippen LogP) is 5.80. The molecule has 0 aliphatic heterocycles. The number of esters is 1. The van der Waals surface area contributed by atoms with Crippen LogP contribution in [0.4, 0.5) is 0 Å². The van der Waals surface area contributed by atoms with Crippen LogP contribution in [-0.4, -0.2) is 76.1 Å². The van der Waals surface area contributed by atoms with Crippen LogP contribution in [0.3, 0.4) is 0 Å². The van der Waals surface area contributed by atoms with Crippen molar-refractivity contribution in [2.45, 2.75) is 70.4 Å². The fraction of sp³-hybridized carbons (Fsp3) is 0.364. The van der Waals surface area contributed by atoms with Gasteiger partial charge in [-0.15, -0.1) is 0 Å². The van der Waals surface area contributed by atoms with Gasteiger partial charge in [-0.25, -0.2) is 4.79 Å². The molecule has 0 spiro atoms. The smallest absolute Gasteiger partial charge is 0.394 e. The van der Waals surface area contributed by atoms with Crippen LogP contribution in [-0.2, 0) is 34.7 Å². The molecule has 11 heteroatoms. The molecule has 0 saturated heterocycles. The third-order valence-electron chi connectivity index (χ3n) is 10.2. The standard InChI is InChI=1S/C22H25NO6.C22H29NO3/c1-22(2,17-10-8-15(9-11-17)14-6-4-3-5-7-14)18(23-19(25)21(28)29)12-16(13-24)20(26)27;1-4-26-21(25)18(15-24)14-20(23)22(2,3)19-12-10-17(11-13-19)16-8-6-5-7-9-16/h3-11,16,18,24H,12-13H2,1-2H3,(H,23,25)(H,26,27)(H,28,29);5-13,18,20,24H,4,14-15,23H2,1-3H3/t16-,18-;18-,20-/m00/s1. The Kier molecular flexibility index (Phi) is 16.3. The van der Waals surface area contributed by atoms with Gasteiger partial charge >= 0.3 is 23.8 Å². The average Bonchev–Trinajstić information content (AvgIpc) is 3.19. The second-order valence-corrected chi connectivity index (χ2v) is 14.6. The monoisotopic (exact) mass is 754 g/mol. The molecular formula is C44H54N2O9. The molecule has 11 nitrogen and oxygen atoms in total. The Morgan fingerprint density at radius 2 is 1.05 bits per heavy atom. The zero-order valence-electron chi connectivity index (χ0n) is 32.1. The van der Waals surface area contributed by atoms with Gasteiger partial charge < -0.3 is 36.2 Å². The Morgan fingerprint density at radius 1 is 0.636 bits per heavy atom. The van der Waals surface area contributed by atoms with Crippen molar-refractivity contribution < 1.29 is 44.3 Å². The van der Waals surface area contributed by atoms with Crippen LogP contribution >= 0.6 is 0 Å². The van der Waals surface area contributed by atoms with E-state index in [1.54, 1.807) is 20.8 Å². The molecule has 0 bridgehead atoms. The van der Waals surface area contributed by atoms with Crippen LogP contribution in [0, 0.1) is 11.8 Å². The molecule has 4 rings (SSSR count). The third kappa shape index (κ3) is 12.1. The SMILES string of the molecule is CC(C)(c1ccc(-c2ccccc2)cc1)[C@H](C[C@@H](CO)C(=O)O)NC(=O)C(=O)O.CCOC(=O)[C@H](CO)C[C@H](N)C(C)(C)c1ccc(-c2ccccc2)cc1. The van der Waals surface area contributed by atoms with Crippen molar-refractivity contribution >= 4 is 23.8 Å². The maximum Gasteiger partial charge on any atom is 0.394 e. The minimum Gasteiger partial charge on any atom is -0.481 e. The van der Waals surface area contributed by atoms with Crippen molar-refractivity contribution in [3.8, 4) is 22.3 Å². The number of benzene rings is 4. The lowest BCUT2D eigenvalue weighted by Crippen LogP contribution is -2.51. The second kappa shape index (κ2) is 20.4. The number of rotatable bonds is 16. The topological polar surface area (TPSA) is 196 Å². The number of aliphatic hydroxyl groups excluding tert-OH is 2. The summed E-state index contributed by atoms with van der Waals surface area (Å²) in [4.78, 5) is 46.1. The Labute approximate surface area is 323 Å². The zero-order valence-corrected chi connectivity index (χ0v) is 32.1. The Hall–Kier alpha value is -5.36. The van der Waals surface area contributed by atoms with Gasteiger partial charge in [0.2, 0.25) is 0 Å². The first-order valence-electron chi connectivity index (χ1n) is 18.3. The van der Waals surface area contributed by atoms with Gasteiger partial charge in [-0.05, 0) is 53.1 Å². The summed E-state index contributed by atoms with van der Waals surface area (Å²) < 4.78 is 5.02. The van der Waals surface area contributed by atoms with E-state index >= 15 is 0 Å². The molecule has 4 aromatic rings. The number of hydrogen-bond acceptors (Lipinski definition) is 8.